The highest BCUT2D eigenvalue weighted by Crippen LogP contribution is 2.23. The fourth-order valence-corrected chi connectivity index (χ4v) is 1.71. The van der Waals surface area contributed by atoms with Crippen molar-refractivity contribution < 1.29 is 9.21 Å². The van der Waals surface area contributed by atoms with Crippen LogP contribution in [0.5, 0.6) is 0 Å². The van der Waals surface area contributed by atoms with Gasteiger partial charge in [0, 0.05) is 10.7 Å². The average molecular weight is 265 g/mol. The van der Waals surface area contributed by atoms with Gasteiger partial charge in [-0.25, -0.2) is 0 Å². The minimum Gasteiger partial charge on any atom is -0.455 e. The number of carbonyl (C=O) groups is 1. The van der Waals surface area contributed by atoms with Crippen molar-refractivity contribution >= 4 is 23.2 Å². The summed E-state index contributed by atoms with van der Waals surface area (Å²) < 4.78 is 5.27. The fraction of sp³-hybridized carbons (Fsp3) is 0.154. The van der Waals surface area contributed by atoms with Crippen LogP contribution >= 0.6 is 11.6 Å². The molecule has 1 amide bonds. The van der Waals surface area contributed by atoms with Gasteiger partial charge in [-0.2, -0.15) is 0 Å². The molecule has 2 rings (SSSR count). The summed E-state index contributed by atoms with van der Waals surface area (Å²) >= 11 is 5.98. The highest BCUT2D eigenvalue weighted by atomic mass is 35.5. The van der Waals surface area contributed by atoms with Gasteiger partial charge in [-0.3, -0.25) is 4.79 Å². The molecule has 4 nitrogen and oxygen atoms in total. The summed E-state index contributed by atoms with van der Waals surface area (Å²) in [7, 11) is 0. The van der Waals surface area contributed by atoms with Crippen LogP contribution in [-0.2, 0) is 6.54 Å². The molecule has 0 bridgehead atoms. The van der Waals surface area contributed by atoms with Gasteiger partial charge in [-0.15, -0.1) is 0 Å². The van der Waals surface area contributed by atoms with Gasteiger partial charge in [0.1, 0.15) is 5.76 Å². The Bertz CT molecular complexity index is 578. The number of amides is 1. The molecule has 5 heteroatoms. The van der Waals surface area contributed by atoms with Crippen molar-refractivity contribution in [3.8, 4) is 0 Å². The number of halogens is 1. The quantitative estimate of drug-likeness (QED) is 0.896. The van der Waals surface area contributed by atoms with Gasteiger partial charge >= 0.3 is 0 Å². The molecule has 0 aliphatic heterocycles. The van der Waals surface area contributed by atoms with Gasteiger partial charge < -0.3 is 15.5 Å². The molecule has 0 fully saturated rings. The zero-order valence-corrected chi connectivity index (χ0v) is 10.6. The lowest BCUT2D eigenvalue weighted by Gasteiger charge is -2.07. The van der Waals surface area contributed by atoms with Crippen molar-refractivity contribution in [2.45, 2.75) is 13.5 Å². The standard InChI is InChI=1S/C13H13ClN2O2/c1-8-10(14)3-2-4-11(8)16-13(17)12-6-5-9(7-15)18-12/h2-6H,7,15H2,1H3,(H,16,17). The van der Waals surface area contributed by atoms with E-state index >= 15 is 0 Å². The number of nitrogens with two attached hydrogens (primary N) is 1. The van der Waals surface area contributed by atoms with Crippen molar-refractivity contribution in [2.24, 2.45) is 5.73 Å². The molecule has 2 aromatic rings. The Kier molecular flexibility index (Phi) is 3.69. The average Bonchev–Trinajstić information content (AvgIpc) is 2.83. The first kappa shape index (κ1) is 12.7. The Labute approximate surface area is 110 Å². The highest BCUT2D eigenvalue weighted by molar-refractivity contribution is 6.31. The van der Waals surface area contributed by atoms with Crippen molar-refractivity contribution in [1.82, 2.24) is 0 Å². The van der Waals surface area contributed by atoms with Crippen LogP contribution in [0.1, 0.15) is 21.9 Å². The smallest absolute Gasteiger partial charge is 0.291 e. The van der Waals surface area contributed by atoms with E-state index in [1.807, 2.05) is 6.92 Å². The van der Waals surface area contributed by atoms with E-state index in [4.69, 9.17) is 21.8 Å². The second kappa shape index (κ2) is 5.25. The number of nitrogens with one attached hydrogen (secondary N) is 1. The van der Waals surface area contributed by atoms with Gasteiger partial charge in [0.05, 0.1) is 6.54 Å². The van der Waals surface area contributed by atoms with E-state index < -0.39 is 0 Å². The molecule has 0 atom stereocenters. The van der Waals surface area contributed by atoms with Crippen LogP contribution in [0.4, 0.5) is 5.69 Å². The maximum absolute atomic E-state index is 11.9. The van der Waals surface area contributed by atoms with E-state index in [1.165, 1.54) is 0 Å². The topological polar surface area (TPSA) is 68.3 Å². The first-order chi connectivity index (χ1) is 8.61. The Hall–Kier alpha value is -1.78. The summed E-state index contributed by atoms with van der Waals surface area (Å²) in [4.78, 5) is 11.9. The predicted molar refractivity (Wildman–Crippen MR) is 70.7 cm³/mol. The third-order valence-electron chi connectivity index (χ3n) is 2.60. The maximum atomic E-state index is 11.9. The third-order valence-corrected chi connectivity index (χ3v) is 3.01. The van der Waals surface area contributed by atoms with Crippen LogP contribution in [0.25, 0.3) is 0 Å². The van der Waals surface area contributed by atoms with Crippen LogP contribution in [-0.4, -0.2) is 5.91 Å². The number of benzene rings is 1. The van der Waals surface area contributed by atoms with Crippen LogP contribution in [0.2, 0.25) is 5.02 Å². The molecular weight excluding hydrogens is 252 g/mol. The summed E-state index contributed by atoms with van der Waals surface area (Å²) in [6, 6.07) is 8.60. The summed E-state index contributed by atoms with van der Waals surface area (Å²) in [6.07, 6.45) is 0. The Morgan fingerprint density at radius 3 is 2.83 bits per heavy atom. The highest BCUT2D eigenvalue weighted by Gasteiger charge is 2.12. The minimum atomic E-state index is -0.319. The van der Waals surface area contributed by atoms with Crippen LogP contribution in [0.15, 0.2) is 34.7 Å². The summed E-state index contributed by atoms with van der Waals surface area (Å²) in [6.45, 7) is 2.11. The van der Waals surface area contributed by atoms with Crippen LogP contribution in [0.3, 0.4) is 0 Å². The molecule has 0 aliphatic rings. The zero-order valence-electron chi connectivity index (χ0n) is 9.87. The SMILES string of the molecule is Cc1c(Cl)cccc1NC(=O)c1ccc(CN)o1. The van der Waals surface area contributed by atoms with Crippen molar-refractivity contribution in [2.75, 3.05) is 5.32 Å². The minimum absolute atomic E-state index is 0.231. The van der Waals surface area contributed by atoms with Crippen molar-refractivity contribution in [3.05, 3.63) is 52.4 Å². The number of anilines is 1. The van der Waals surface area contributed by atoms with Gasteiger partial charge in [-0.05, 0) is 36.8 Å². The number of hydrogen-bond donors (Lipinski definition) is 2. The molecular formula is C13H13ClN2O2. The molecule has 0 spiro atoms. The molecule has 0 radical (unpaired) electrons. The first-order valence-corrected chi connectivity index (χ1v) is 5.85. The van der Waals surface area contributed by atoms with E-state index in [2.05, 4.69) is 5.32 Å². The van der Waals surface area contributed by atoms with E-state index in [0.717, 1.165) is 5.56 Å². The number of furan rings is 1. The number of hydrogen-bond acceptors (Lipinski definition) is 3. The lowest BCUT2D eigenvalue weighted by atomic mass is 10.2. The monoisotopic (exact) mass is 264 g/mol. The lowest BCUT2D eigenvalue weighted by Crippen LogP contribution is -2.12. The Balaban J connectivity index is 2.18. The lowest BCUT2D eigenvalue weighted by molar-refractivity contribution is 0.0995. The molecule has 1 aromatic carbocycles. The van der Waals surface area contributed by atoms with E-state index in [-0.39, 0.29) is 18.2 Å². The number of carbonyl (C=O) groups excluding carboxylic acids is 1. The largest absolute Gasteiger partial charge is 0.455 e. The van der Waals surface area contributed by atoms with E-state index in [0.29, 0.717) is 16.5 Å². The predicted octanol–water partition coefficient (Wildman–Crippen LogP) is 2.95. The third kappa shape index (κ3) is 2.55. The first-order valence-electron chi connectivity index (χ1n) is 5.47. The second-order valence-electron chi connectivity index (χ2n) is 3.84. The van der Waals surface area contributed by atoms with Crippen molar-refractivity contribution in [3.63, 3.8) is 0 Å². The Morgan fingerprint density at radius 1 is 1.39 bits per heavy atom. The van der Waals surface area contributed by atoms with Crippen LogP contribution in [0, 0.1) is 6.92 Å². The van der Waals surface area contributed by atoms with Crippen LogP contribution < -0.4 is 11.1 Å². The molecule has 0 saturated carbocycles. The van der Waals surface area contributed by atoms with E-state index in [1.54, 1.807) is 30.3 Å². The molecule has 1 heterocycles. The van der Waals surface area contributed by atoms with Gasteiger partial charge in [0.2, 0.25) is 0 Å². The molecule has 1 aromatic heterocycles. The molecule has 3 N–H and O–H groups in total. The molecule has 0 saturated heterocycles. The molecule has 94 valence electrons. The summed E-state index contributed by atoms with van der Waals surface area (Å²) in [5.74, 6) is 0.484. The Morgan fingerprint density at radius 2 is 2.17 bits per heavy atom. The van der Waals surface area contributed by atoms with E-state index in [9.17, 15) is 4.79 Å². The summed E-state index contributed by atoms with van der Waals surface area (Å²) in [5.41, 5.74) is 6.90. The number of rotatable bonds is 3. The second-order valence-corrected chi connectivity index (χ2v) is 4.24. The molecule has 18 heavy (non-hydrogen) atoms. The normalized spacial score (nSPS) is 10.4. The summed E-state index contributed by atoms with van der Waals surface area (Å²) in [5, 5.41) is 3.35. The molecule has 0 aliphatic carbocycles. The van der Waals surface area contributed by atoms with Gasteiger partial charge in [-0.1, -0.05) is 17.7 Å². The molecule has 0 unspecified atom stereocenters. The van der Waals surface area contributed by atoms with Crippen molar-refractivity contribution in [1.29, 1.82) is 0 Å². The zero-order chi connectivity index (χ0) is 13.1. The van der Waals surface area contributed by atoms with Gasteiger partial charge in [0.15, 0.2) is 5.76 Å². The van der Waals surface area contributed by atoms with Gasteiger partial charge in [0.25, 0.3) is 5.91 Å². The fourth-order valence-electron chi connectivity index (χ4n) is 1.54. The maximum Gasteiger partial charge on any atom is 0.291 e.